The number of benzene rings is 2. The molecule has 11 heteroatoms. The number of alkyl halides is 3. The minimum atomic E-state index is -5.08. The molecule has 0 amide bonds. The number of aromatic nitrogens is 1. The van der Waals surface area contributed by atoms with Crippen LogP contribution in [-0.2, 0) is 34.2 Å². The highest BCUT2D eigenvalue weighted by Crippen LogP contribution is 2.33. The second-order valence-corrected chi connectivity index (χ2v) is 9.12. The van der Waals surface area contributed by atoms with Gasteiger partial charge in [0.15, 0.2) is 0 Å². The zero-order valence-corrected chi connectivity index (χ0v) is 18.8. The maximum Gasteiger partial charge on any atom is 0.490 e. The summed E-state index contributed by atoms with van der Waals surface area (Å²) in [5, 5.41) is 11.6. The third-order valence-corrected chi connectivity index (χ3v) is 6.96. The first-order valence-corrected chi connectivity index (χ1v) is 11.5. The number of nitrogens with zero attached hydrogens (tertiary/aromatic N) is 1. The Bertz CT molecular complexity index is 1280. The van der Waals surface area contributed by atoms with Crippen molar-refractivity contribution in [3.63, 3.8) is 0 Å². The third-order valence-electron chi connectivity index (χ3n) is 5.26. The van der Waals surface area contributed by atoms with Gasteiger partial charge in [0.25, 0.3) is 10.0 Å². The third kappa shape index (κ3) is 4.98. The van der Waals surface area contributed by atoms with Gasteiger partial charge in [-0.2, -0.15) is 13.2 Å². The zero-order chi connectivity index (χ0) is 24.4. The summed E-state index contributed by atoms with van der Waals surface area (Å²) in [6.07, 6.45) is -1.74. The van der Waals surface area contributed by atoms with Gasteiger partial charge in [-0.25, -0.2) is 17.2 Å². The van der Waals surface area contributed by atoms with E-state index in [1.165, 1.54) is 11.1 Å². The monoisotopic (exact) mass is 484 g/mol. The van der Waals surface area contributed by atoms with Crippen molar-refractivity contribution >= 4 is 26.9 Å². The van der Waals surface area contributed by atoms with Crippen molar-refractivity contribution in [2.24, 2.45) is 0 Å². The number of rotatable bonds is 4. The number of aliphatic carboxylic acids is 1. The van der Waals surface area contributed by atoms with Crippen LogP contribution >= 0.6 is 0 Å². The molecule has 4 rings (SSSR count). The molecule has 0 fully saturated rings. The molecule has 2 aromatic carbocycles. The van der Waals surface area contributed by atoms with E-state index >= 15 is 0 Å². The number of methoxy groups -OCH3 is 1. The maximum absolute atomic E-state index is 13.5. The molecule has 0 atom stereocenters. The first-order chi connectivity index (χ1) is 15.5. The number of carbonyl (C=O) groups is 1. The van der Waals surface area contributed by atoms with Crippen LogP contribution in [0.1, 0.15) is 23.6 Å². The van der Waals surface area contributed by atoms with Crippen molar-refractivity contribution in [3.8, 4) is 5.75 Å². The van der Waals surface area contributed by atoms with E-state index in [0.717, 1.165) is 53.5 Å². The summed E-state index contributed by atoms with van der Waals surface area (Å²) >= 11 is 0. The molecule has 178 valence electrons. The quantitative estimate of drug-likeness (QED) is 0.586. The highest BCUT2D eigenvalue weighted by Gasteiger charge is 2.38. The van der Waals surface area contributed by atoms with Gasteiger partial charge >= 0.3 is 12.1 Å². The summed E-state index contributed by atoms with van der Waals surface area (Å²) < 4.78 is 65.5. The Morgan fingerprint density at radius 2 is 1.91 bits per heavy atom. The van der Waals surface area contributed by atoms with Crippen LogP contribution in [0.25, 0.3) is 10.9 Å². The lowest BCUT2D eigenvalue weighted by Crippen LogP contribution is -2.21. The van der Waals surface area contributed by atoms with E-state index in [1.54, 1.807) is 18.3 Å². The van der Waals surface area contributed by atoms with Crippen molar-refractivity contribution in [1.29, 1.82) is 0 Å². The minimum absolute atomic E-state index is 0.211. The fourth-order valence-electron chi connectivity index (χ4n) is 3.65. The molecule has 7 nitrogen and oxygen atoms in total. The second-order valence-electron chi connectivity index (χ2n) is 7.33. The lowest BCUT2D eigenvalue weighted by atomic mass is 10.1. The molecule has 0 saturated heterocycles. The predicted octanol–water partition coefficient (Wildman–Crippen LogP) is 3.73. The maximum atomic E-state index is 13.5. The van der Waals surface area contributed by atoms with Crippen molar-refractivity contribution in [3.05, 3.63) is 59.3 Å². The number of hydrogen-bond acceptors (Lipinski definition) is 5. The molecule has 0 unspecified atom stereocenters. The van der Waals surface area contributed by atoms with Crippen LogP contribution in [0.5, 0.6) is 5.75 Å². The van der Waals surface area contributed by atoms with Crippen molar-refractivity contribution in [2.45, 2.75) is 37.4 Å². The Labute approximate surface area is 188 Å². The van der Waals surface area contributed by atoms with Crippen LogP contribution in [0, 0.1) is 0 Å². The van der Waals surface area contributed by atoms with Crippen molar-refractivity contribution in [1.82, 2.24) is 9.29 Å². The molecule has 1 aliphatic heterocycles. The van der Waals surface area contributed by atoms with E-state index in [0.29, 0.717) is 5.75 Å². The highest BCUT2D eigenvalue weighted by atomic mass is 32.2. The van der Waals surface area contributed by atoms with Gasteiger partial charge in [0.2, 0.25) is 0 Å². The summed E-state index contributed by atoms with van der Waals surface area (Å²) in [6.45, 7) is 3.60. The van der Waals surface area contributed by atoms with E-state index in [4.69, 9.17) is 14.6 Å². The van der Waals surface area contributed by atoms with Crippen LogP contribution in [0.4, 0.5) is 13.2 Å². The normalized spacial score (nSPS) is 13.7. The van der Waals surface area contributed by atoms with Crippen LogP contribution in [0.15, 0.2) is 47.5 Å². The van der Waals surface area contributed by atoms with E-state index in [-0.39, 0.29) is 4.90 Å². The molecule has 1 aliphatic rings. The first kappa shape index (κ1) is 24.6. The van der Waals surface area contributed by atoms with Gasteiger partial charge < -0.3 is 15.2 Å². The van der Waals surface area contributed by atoms with E-state index < -0.39 is 22.2 Å². The molecule has 0 radical (unpaired) electrons. The molecule has 33 heavy (non-hydrogen) atoms. The molecule has 0 saturated carbocycles. The van der Waals surface area contributed by atoms with Crippen molar-refractivity contribution in [2.75, 3.05) is 13.7 Å². The number of hydrogen-bond donors (Lipinski definition) is 2. The topological polar surface area (TPSA) is 97.6 Å². The lowest BCUT2D eigenvalue weighted by Gasteiger charge is -2.13. The van der Waals surface area contributed by atoms with Gasteiger partial charge in [-0.3, -0.25) is 0 Å². The molecule has 2 N–H and O–H groups in total. The predicted molar refractivity (Wildman–Crippen MR) is 116 cm³/mol. The fraction of sp³-hybridized carbons (Fsp3) is 0.318. The molecule has 0 spiro atoms. The van der Waals surface area contributed by atoms with Crippen LogP contribution in [0.3, 0.4) is 0 Å². The van der Waals surface area contributed by atoms with Crippen LogP contribution < -0.4 is 10.1 Å². The van der Waals surface area contributed by atoms with Gasteiger partial charge in [-0.1, -0.05) is 25.1 Å². The summed E-state index contributed by atoms with van der Waals surface area (Å²) in [5.41, 5.74) is 3.89. The smallest absolute Gasteiger partial charge is 0.490 e. The molecule has 1 aromatic heterocycles. The average Bonchev–Trinajstić information content (AvgIpc) is 3.03. The summed E-state index contributed by atoms with van der Waals surface area (Å²) in [5.74, 6) is -2.39. The van der Waals surface area contributed by atoms with Gasteiger partial charge in [0.05, 0.1) is 12.6 Å². The first-order valence-electron chi connectivity index (χ1n) is 10.1. The zero-order valence-electron chi connectivity index (χ0n) is 17.9. The Morgan fingerprint density at radius 1 is 1.21 bits per heavy atom. The Balaban J connectivity index is 0.000000383. The van der Waals surface area contributed by atoms with Gasteiger partial charge in [-0.05, 0) is 54.3 Å². The molecule has 0 bridgehead atoms. The van der Waals surface area contributed by atoms with Gasteiger partial charge in [-0.15, -0.1) is 0 Å². The van der Waals surface area contributed by atoms with Gasteiger partial charge in [0.1, 0.15) is 10.6 Å². The Morgan fingerprint density at radius 3 is 2.52 bits per heavy atom. The number of ether oxygens (including phenoxy) is 1. The number of carboxylic acids is 1. The van der Waals surface area contributed by atoms with Crippen LogP contribution in [0.2, 0.25) is 0 Å². The van der Waals surface area contributed by atoms with Gasteiger partial charge in [0, 0.05) is 18.1 Å². The number of nitrogens with one attached hydrogen (secondary N) is 1. The Kier molecular flexibility index (Phi) is 7.03. The van der Waals surface area contributed by atoms with E-state index in [9.17, 15) is 21.6 Å². The number of carboxylic acid groups (broad SMARTS) is 1. The summed E-state index contributed by atoms with van der Waals surface area (Å²) in [4.78, 5) is 9.11. The summed E-state index contributed by atoms with van der Waals surface area (Å²) in [6, 6.07) is 11.2. The van der Waals surface area contributed by atoms with Crippen LogP contribution in [-0.4, -0.2) is 43.3 Å². The fourth-order valence-corrected chi connectivity index (χ4v) is 5.24. The lowest BCUT2D eigenvalue weighted by molar-refractivity contribution is -0.192. The standard InChI is InChI=1S/C20H22N2O3S.C2HF3O2/c1-3-14-7-8-18(25-2)19(11-14)26(23,24)22-13-16-9-10-21-12-15-5-4-6-17(22)20(15)16;3-2(4,5)1(6)7/h4-8,11,13,21H,3,9-10,12H2,1-2H3;(H,6,7). The SMILES string of the molecule is CCc1ccc(OC)c(S(=O)(=O)n2cc3c4c(cccc42)CNCC3)c1.O=C(O)C(F)(F)F. The van der Waals surface area contributed by atoms with Crippen molar-refractivity contribution < 1.29 is 36.2 Å². The molecule has 2 heterocycles. The molecule has 0 aliphatic carbocycles. The van der Waals surface area contributed by atoms with E-state index in [1.807, 2.05) is 25.1 Å². The Hall–Kier alpha value is -3.05. The average molecular weight is 484 g/mol. The largest absolute Gasteiger partial charge is 0.495 e. The second kappa shape index (κ2) is 9.44. The number of halogens is 3. The minimum Gasteiger partial charge on any atom is -0.495 e. The molecular formula is C22H23F3N2O5S. The highest BCUT2D eigenvalue weighted by molar-refractivity contribution is 7.90. The summed E-state index contributed by atoms with van der Waals surface area (Å²) in [7, 11) is -2.26. The number of aryl methyl sites for hydroxylation is 1. The van der Waals surface area contributed by atoms with E-state index in [2.05, 4.69) is 11.4 Å². The molecule has 3 aromatic rings. The molecular weight excluding hydrogens is 461 g/mol.